The number of nitrogens with zero attached hydrogens (tertiary/aromatic N) is 3. The van der Waals surface area contributed by atoms with Crippen LogP contribution in [0.2, 0.25) is 5.02 Å². The van der Waals surface area contributed by atoms with Gasteiger partial charge in [-0.1, -0.05) is 23.7 Å². The first-order chi connectivity index (χ1) is 16.0. The lowest BCUT2D eigenvalue weighted by Gasteiger charge is -2.13. The number of rotatable bonds is 10. The molecule has 1 aromatic heterocycles. The molecule has 0 amide bonds. The molecule has 3 aromatic rings. The number of hydrazone groups is 1. The van der Waals surface area contributed by atoms with Gasteiger partial charge in [-0.15, -0.1) is 0 Å². The fourth-order valence-corrected chi connectivity index (χ4v) is 3.24. The standard InChI is InChI=1S/C25H25ClN4O3/c1-4-32-24-12-19(7-10-23(24)33-15-18-5-8-21(26)9-6-18)14-28-30-25-22(13-27)20(16-31-3)11-17(2)29-25/h5-12,14H,4,15-16H2,1-3H3,(H,29,30)/b28-14-. The van der Waals surface area contributed by atoms with Gasteiger partial charge >= 0.3 is 0 Å². The number of halogens is 1. The van der Waals surface area contributed by atoms with Crippen LogP contribution in [0.15, 0.2) is 53.6 Å². The molecule has 33 heavy (non-hydrogen) atoms. The van der Waals surface area contributed by atoms with Gasteiger partial charge in [0.15, 0.2) is 17.3 Å². The third-order valence-corrected chi connectivity index (χ3v) is 4.85. The Labute approximate surface area is 198 Å². The second-order valence-corrected chi connectivity index (χ2v) is 7.55. The Balaban J connectivity index is 1.74. The van der Waals surface area contributed by atoms with Crippen LogP contribution in [0.4, 0.5) is 5.82 Å². The number of hydrogen-bond donors (Lipinski definition) is 1. The highest BCUT2D eigenvalue weighted by molar-refractivity contribution is 6.30. The highest BCUT2D eigenvalue weighted by Gasteiger charge is 2.11. The molecule has 8 heteroatoms. The lowest BCUT2D eigenvalue weighted by atomic mass is 10.1. The zero-order chi connectivity index (χ0) is 23.6. The molecule has 2 aromatic carbocycles. The minimum absolute atomic E-state index is 0.319. The summed E-state index contributed by atoms with van der Waals surface area (Å²) in [5.74, 6) is 1.63. The Hall–Kier alpha value is -3.60. The number of benzene rings is 2. The first-order valence-corrected chi connectivity index (χ1v) is 10.7. The van der Waals surface area contributed by atoms with Gasteiger partial charge in [0, 0.05) is 23.4 Å². The topological polar surface area (TPSA) is 88.8 Å². The summed E-state index contributed by atoms with van der Waals surface area (Å²) in [7, 11) is 1.58. The van der Waals surface area contributed by atoms with Gasteiger partial charge in [0.1, 0.15) is 18.2 Å². The van der Waals surface area contributed by atoms with E-state index in [1.807, 2.05) is 62.4 Å². The van der Waals surface area contributed by atoms with E-state index < -0.39 is 0 Å². The molecule has 0 saturated heterocycles. The van der Waals surface area contributed by atoms with Crippen LogP contribution in [0, 0.1) is 18.3 Å². The molecule has 170 valence electrons. The molecule has 0 fully saturated rings. The minimum Gasteiger partial charge on any atom is -0.490 e. The fourth-order valence-electron chi connectivity index (χ4n) is 3.12. The summed E-state index contributed by atoms with van der Waals surface area (Å²) < 4.78 is 16.9. The third-order valence-electron chi connectivity index (χ3n) is 4.60. The number of aromatic nitrogens is 1. The van der Waals surface area contributed by atoms with Gasteiger partial charge in [-0.25, -0.2) is 4.98 Å². The van der Waals surface area contributed by atoms with Crippen molar-refractivity contribution in [3.8, 4) is 17.6 Å². The Morgan fingerprint density at radius 1 is 1.09 bits per heavy atom. The molecule has 0 aliphatic rings. The zero-order valence-electron chi connectivity index (χ0n) is 18.8. The van der Waals surface area contributed by atoms with Gasteiger partial charge in [-0.2, -0.15) is 10.4 Å². The molecule has 0 radical (unpaired) electrons. The van der Waals surface area contributed by atoms with Crippen LogP contribution in [0.1, 0.15) is 34.9 Å². The number of hydrogen-bond acceptors (Lipinski definition) is 7. The highest BCUT2D eigenvalue weighted by Crippen LogP contribution is 2.29. The van der Waals surface area contributed by atoms with Crippen LogP contribution in [-0.4, -0.2) is 24.9 Å². The van der Waals surface area contributed by atoms with E-state index in [4.69, 9.17) is 25.8 Å². The maximum Gasteiger partial charge on any atom is 0.164 e. The molecular formula is C25H25ClN4O3. The van der Waals surface area contributed by atoms with Crippen molar-refractivity contribution in [1.82, 2.24) is 4.98 Å². The van der Waals surface area contributed by atoms with Gasteiger partial charge in [0.05, 0.1) is 19.4 Å². The van der Waals surface area contributed by atoms with Gasteiger partial charge in [0.2, 0.25) is 0 Å². The first kappa shape index (κ1) is 24.1. The summed E-state index contributed by atoms with van der Waals surface area (Å²) in [4.78, 5) is 4.38. The quantitative estimate of drug-likeness (QED) is 0.315. The summed E-state index contributed by atoms with van der Waals surface area (Å²) in [5.41, 5.74) is 6.59. The lowest BCUT2D eigenvalue weighted by molar-refractivity contribution is 0.184. The SMILES string of the molecule is CCOc1cc(/C=N\Nc2nc(C)cc(COC)c2C#N)ccc1OCc1ccc(Cl)cc1. The number of nitrogens with one attached hydrogen (secondary N) is 1. The maximum atomic E-state index is 9.53. The lowest BCUT2D eigenvalue weighted by Crippen LogP contribution is -2.04. The van der Waals surface area contributed by atoms with Crippen molar-refractivity contribution in [1.29, 1.82) is 5.26 Å². The summed E-state index contributed by atoms with van der Waals surface area (Å²) in [6.07, 6.45) is 1.63. The number of aryl methyl sites for hydroxylation is 1. The number of ether oxygens (including phenoxy) is 3. The van der Waals surface area contributed by atoms with Gasteiger partial charge in [-0.05, 0) is 61.4 Å². The van der Waals surface area contributed by atoms with Gasteiger partial charge in [-0.3, -0.25) is 5.43 Å². The average molecular weight is 465 g/mol. The van der Waals surface area contributed by atoms with Gasteiger partial charge in [0.25, 0.3) is 0 Å². The van der Waals surface area contributed by atoms with E-state index in [2.05, 4.69) is 21.6 Å². The largest absolute Gasteiger partial charge is 0.490 e. The second kappa shape index (κ2) is 11.9. The smallest absolute Gasteiger partial charge is 0.164 e. The molecule has 0 aliphatic heterocycles. The van der Waals surface area contributed by atoms with E-state index in [1.165, 1.54) is 0 Å². The molecule has 7 nitrogen and oxygen atoms in total. The van der Waals surface area contributed by atoms with Crippen molar-refractivity contribution in [3.63, 3.8) is 0 Å². The molecule has 1 N–H and O–H groups in total. The van der Waals surface area contributed by atoms with E-state index in [0.29, 0.717) is 47.7 Å². The van der Waals surface area contributed by atoms with Gasteiger partial charge < -0.3 is 14.2 Å². The molecule has 1 heterocycles. The summed E-state index contributed by atoms with van der Waals surface area (Å²) in [6.45, 7) is 4.98. The highest BCUT2D eigenvalue weighted by atomic mass is 35.5. The van der Waals surface area contributed by atoms with Crippen molar-refractivity contribution in [2.45, 2.75) is 27.1 Å². The van der Waals surface area contributed by atoms with Crippen LogP contribution >= 0.6 is 11.6 Å². The van der Waals surface area contributed by atoms with Crippen LogP contribution in [0.3, 0.4) is 0 Å². The Kier molecular flexibility index (Phi) is 8.64. The monoisotopic (exact) mass is 464 g/mol. The van der Waals surface area contributed by atoms with E-state index in [9.17, 15) is 5.26 Å². The molecule has 0 bridgehead atoms. The number of methoxy groups -OCH3 is 1. The summed E-state index contributed by atoms with van der Waals surface area (Å²) in [5, 5.41) is 14.5. The summed E-state index contributed by atoms with van der Waals surface area (Å²) >= 11 is 5.94. The van der Waals surface area contributed by atoms with Crippen molar-refractivity contribution in [3.05, 3.63) is 81.5 Å². The van der Waals surface area contributed by atoms with Crippen LogP contribution < -0.4 is 14.9 Å². The Bertz CT molecular complexity index is 1160. The normalized spacial score (nSPS) is 10.8. The molecular weight excluding hydrogens is 440 g/mol. The van der Waals surface area contributed by atoms with Crippen molar-refractivity contribution < 1.29 is 14.2 Å². The van der Waals surface area contributed by atoms with Crippen molar-refractivity contribution in [2.24, 2.45) is 5.10 Å². The molecule has 0 aliphatic carbocycles. The van der Waals surface area contributed by atoms with E-state index in [1.54, 1.807) is 13.3 Å². The minimum atomic E-state index is 0.319. The van der Waals surface area contributed by atoms with E-state index in [0.717, 1.165) is 22.4 Å². The molecule has 3 rings (SSSR count). The summed E-state index contributed by atoms with van der Waals surface area (Å²) in [6, 6.07) is 17.0. The first-order valence-electron chi connectivity index (χ1n) is 10.4. The average Bonchev–Trinajstić information content (AvgIpc) is 2.80. The van der Waals surface area contributed by atoms with Crippen LogP contribution in [0.5, 0.6) is 11.5 Å². The van der Waals surface area contributed by atoms with Crippen LogP contribution in [-0.2, 0) is 18.0 Å². The molecule has 0 atom stereocenters. The third kappa shape index (κ3) is 6.69. The predicted molar refractivity (Wildman–Crippen MR) is 129 cm³/mol. The van der Waals surface area contributed by atoms with E-state index in [-0.39, 0.29) is 0 Å². The Morgan fingerprint density at radius 3 is 2.58 bits per heavy atom. The Morgan fingerprint density at radius 2 is 1.88 bits per heavy atom. The second-order valence-electron chi connectivity index (χ2n) is 7.12. The van der Waals surface area contributed by atoms with Crippen molar-refractivity contribution >= 4 is 23.6 Å². The molecule has 0 spiro atoms. The number of anilines is 1. The predicted octanol–water partition coefficient (Wildman–Crippen LogP) is 5.49. The molecule has 0 unspecified atom stereocenters. The molecule has 0 saturated carbocycles. The van der Waals surface area contributed by atoms with Crippen LogP contribution in [0.25, 0.3) is 0 Å². The maximum absolute atomic E-state index is 9.53. The zero-order valence-corrected chi connectivity index (χ0v) is 19.5. The number of pyridine rings is 1. The van der Waals surface area contributed by atoms with Crippen molar-refractivity contribution in [2.75, 3.05) is 19.1 Å². The number of nitriles is 1. The fraction of sp³-hybridized carbons (Fsp3) is 0.240. The van der Waals surface area contributed by atoms with E-state index >= 15 is 0 Å².